The summed E-state index contributed by atoms with van der Waals surface area (Å²) < 4.78 is 0. The fourth-order valence-electron chi connectivity index (χ4n) is 2.46. The number of aliphatic hydroxyl groups is 1. The van der Waals surface area contributed by atoms with Gasteiger partial charge in [-0.1, -0.05) is 42.5 Å². The zero-order chi connectivity index (χ0) is 18.2. The molecule has 2 rings (SSSR count). The minimum Gasteiger partial charge on any atom is -0.391 e. The number of hydrogen-bond donors (Lipinski definition) is 3. The highest BCUT2D eigenvalue weighted by Crippen LogP contribution is 2.16. The van der Waals surface area contributed by atoms with Crippen LogP contribution < -0.4 is 10.6 Å². The van der Waals surface area contributed by atoms with Crippen LogP contribution in [-0.4, -0.2) is 29.6 Å². The van der Waals surface area contributed by atoms with Gasteiger partial charge in [0.2, 0.25) is 11.8 Å². The molecule has 5 heteroatoms. The average molecular weight is 340 g/mol. The molecule has 2 amide bonds. The van der Waals surface area contributed by atoms with E-state index in [4.69, 9.17) is 0 Å². The number of hydrogen-bond acceptors (Lipinski definition) is 3. The van der Waals surface area contributed by atoms with Gasteiger partial charge in [-0.3, -0.25) is 9.59 Å². The van der Waals surface area contributed by atoms with Gasteiger partial charge in [-0.05, 0) is 36.6 Å². The zero-order valence-electron chi connectivity index (χ0n) is 14.6. The maximum Gasteiger partial charge on any atom is 0.233 e. The van der Waals surface area contributed by atoms with Crippen molar-refractivity contribution in [2.24, 2.45) is 0 Å². The van der Waals surface area contributed by atoms with E-state index >= 15 is 0 Å². The summed E-state index contributed by atoms with van der Waals surface area (Å²) in [5, 5.41) is 15.3. The molecule has 0 aliphatic carbocycles. The zero-order valence-corrected chi connectivity index (χ0v) is 14.6. The minimum absolute atomic E-state index is 0.116. The van der Waals surface area contributed by atoms with E-state index in [1.165, 1.54) is 0 Å². The molecule has 0 aliphatic rings. The molecule has 0 unspecified atom stereocenters. The molecule has 0 bridgehead atoms. The van der Waals surface area contributed by atoms with Crippen LogP contribution in [0.25, 0.3) is 0 Å². The van der Waals surface area contributed by atoms with E-state index in [1.807, 2.05) is 62.4 Å². The lowest BCUT2D eigenvalue weighted by Crippen LogP contribution is -2.35. The molecular formula is C20H24N2O3. The molecule has 2 aromatic rings. The highest BCUT2D eigenvalue weighted by molar-refractivity contribution is 6.03. The third kappa shape index (κ3) is 6.39. The quantitative estimate of drug-likeness (QED) is 0.677. The number of rotatable bonds is 7. The van der Waals surface area contributed by atoms with E-state index in [0.717, 1.165) is 16.7 Å². The smallest absolute Gasteiger partial charge is 0.233 e. The van der Waals surface area contributed by atoms with Crippen molar-refractivity contribution in [2.45, 2.75) is 32.8 Å². The Kier molecular flexibility index (Phi) is 6.71. The number of anilines is 1. The number of carbonyl (C=O) groups is 2. The summed E-state index contributed by atoms with van der Waals surface area (Å²) in [6.07, 6.45) is -0.505. The summed E-state index contributed by atoms with van der Waals surface area (Å²) >= 11 is 0. The van der Waals surface area contributed by atoms with Gasteiger partial charge in [0.15, 0.2) is 0 Å². The van der Waals surface area contributed by atoms with E-state index in [1.54, 1.807) is 0 Å². The van der Waals surface area contributed by atoms with Crippen molar-refractivity contribution >= 4 is 17.5 Å². The molecule has 0 aliphatic heterocycles. The van der Waals surface area contributed by atoms with Crippen molar-refractivity contribution in [3.63, 3.8) is 0 Å². The van der Waals surface area contributed by atoms with Gasteiger partial charge in [-0.2, -0.15) is 0 Å². The second-order valence-corrected chi connectivity index (χ2v) is 6.19. The van der Waals surface area contributed by atoms with Crippen LogP contribution in [0.15, 0.2) is 48.5 Å². The van der Waals surface area contributed by atoms with Gasteiger partial charge in [0.1, 0.15) is 6.42 Å². The molecule has 3 N–H and O–H groups in total. The Morgan fingerprint density at radius 2 is 1.76 bits per heavy atom. The lowest BCUT2D eigenvalue weighted by molar-refractivity contribution is -0.127. The lowest BCUT2D eigenvalue weighted by atomic mass is 10.1. The first kappa shape index (κ1) is 18.7. The normalized spacial score (nSPS) is 11.6. The predicted molar refractivity (Wildman–Crippen MR) is 98.3 cm³/mol. The summed E-state index contributed by atoms with van der Waals surface area (Å²) in [5.41, 5.74) is 3.69. The van der Waals surface area contributed by atoms with Crippen molar-refractivity contribution in [3.8, 4) is 0 Å². The van der Waals surface area contributed by atoms with Crippen LogP contribution in [-0.2, 0) is 16.0 Å². The van der Waals surface area contributed by atoms with Gasteiger partial charge < -0.3 is 15.7 Å². The number of aryl methyl sites for hydroxylation is 2. The lowest BCUT2D eigenvalue weighted by Gasteiger charge is -2.12. The molecule has 132 valence electrons. The fraction of sp³-hybridized carbons (Fsp3) is 0.300. The number of carbonyl (C=O) groups excluding carboxylic acids is 2. The van der Waals surface area contributed by atoms with E-state index < -0.39 is 12.0 Å². The predicted octanol–water partition coefficient (Wildman–Crippen LogP) is 2.35. The Hall–Kier alpha value is -2.66. The van der Waals surface area contributed by atoms with E-state index in [0.29, 0.717) is 12.1 Å². The van der Waals surface area contributed by atoms with Crippen molar-refractivity contribution < 1.29 is 14.7 Å². The van der Waals surface area contributed by atoms with Gasteiger partial charge in [0.25, 0.3) is 0 Å². The molecule has 0 spiro atoms. The second kappa shape index (κ2) is 8.99. The minimum atomic E-state index is -0.687. The maximum absolute atomic E-state index is 12.0. The number of benzene rings is 2. The Labute approximate surface area is 148 Å². The van der Waals surface area contributed by atoms with Crippen LogP contribution in [0.5, 0.6) is 0 Å². The SMILES string of the molecule is Cc1ccc(C)c(NC(=O)CC(=O)NC[C@@H](O)Cc2ccccc2)c1. The molecule has 0 aromatic heterocycles. The van der Waals surface area contributed by atoms with Crippen molar-refractivity contribution in [1.29, 1.82) is 0 Å². The molecule has 1 atom stereocenters. The summed E-state index contributed by atoms with van der Waals surface area (Å²) in [6.45, 7) is 3.95. The van der Waals surface area contributed by atoms with Crippen LogP contribution in [0.3, 0.4) is 0 Å². The summed E-state index contributed by atoms with van der Waals surface area (Å²) in [6, 6.07) is 15.3. The Balaban J connectivity index is 1.75. The fourth-order valence-corrected chi connectivity index (χ4v) is 2.46. The monoisotopic (exact) mass is 340 g/mol. The molecule has 0 fully saturated rings. The molecule has 0 saturated heterocycles. The summed E-state index contributed by atoms with van der Waals surface area (Å²) in [4.78, 5) is 23.9. The van der Waals surface area contributed by atoms with Gasteiger partial charge in [-0.15, -0.1) is 0 Å². The summed E-state index contributed by atoms with van der Waals surface area (Å²) in [7, 11) is 0. The van der Waals surface area contributed by atoms with E-state index in [-0.39, 0.29) is 18.9 Å². The topological polar surface area (TPSA) is 78.4 Å². The molecule has 0 heterocycles. The highest BCUT2D eigenvalue weighted by atomic mass is 16.3. The molecular weight excluding hydrogens is 316 g/mol. The van der Waals surface area contributed by atoms with Crippen LogP contribution in [0, 0.1) is 13.8 Å². The number of amides is 2. The second-order valence-electron chi connectivity index (χ2n) is 6.19. The Morgan fingerprint density at radius 3 is 2.48 bits per heavy atom. The van der Waals surface area contributed by atoms with E-state index in [2.05, 4.69) is 10.6 Å². The Morgan fingerprint density at radius 1 is 1.04 bits per heavy atom. The van der Waals surface area contributed by atoms with Crippen LogP contribution in [0.2, 0.25) is 0 Å². The van der Waals surface area contributed by atoms with Crippen molar-refractivity contribution in [3.05, 3.63) is 65.2 Å². The van der Waals surface area contributed by atoms with Crippen LogP contribution in [0.4, 0.5) is 5.69 Å². The van der Waals surface area contributed by atoms with Crippen molar-refractivity contribution in [1.82, 2.24) is 5.32 Å². The molecule has 5 nitrogen and oxygen atoms in total. The third-order valence-corrected chi connectivity index (χ3v) is 3.84. The van der Waals surface area contributed by atoms with Crippen molar-refractivity contribution in [2.75, 3.05) is 11.9 Å². The highest BCUT2D eigenvalue weighted by Gasteiger charge is 2.13. The van der Waals surface area contributed by atoms with Crippen LogP contribution in [0.1, 0.15) is 23.1 Å². The number of nitrogens with one attached hydrogen (secondary N) is 2. The molecule has 25 heavy (non-hydrogen) atoms. The molecule has 0 radical (unpaired) electrons. The van der Waals surface area contributed by atoms with Gasteiger partial charge in [-0.25, -0.2) is 0 Å². The standard InChI is InChI=1S/C20H24N2O3/c1-14-8-9-15(2)18(10-14)22-20(25)12-19(24)21-13-17(23)11-16-6-4-3-5-7-16/h3-10,17,23H,11-13H2,1-2H3,(H,21,24)(H,22,25)/t17-/m0/s1. The molecule has 2 aromatic carbocycles. The first-order valence-electron chi connectivity index (χ1n) is 8.30. The maximum atomic E-state index is 12.0. The number of aliphatic hydroxyl groups excluding tert-OH is 1. The largest absolute Gasteiger partial charge is 0.391 e. The van der Waals surface area contributed by atoms with Gasteiger partial charge in [0, 0.05) is 18.7 Å². The van der Waals surface area contributed by atoms with E-state index in [9.17, 15) is 14.7 Å². The molecule has 0 saturated carbocycles. The van der Waals surface area contributed by atoms with Gasteiger partial charge in [0.05, 0.1) is 6.10 Å². The average Bonchev–Trinajstić information content (AvgIpc) is 2.57. The first-order chi connectivity index (χ1) is 11.9. The third-order valence-electron chi connectivity index (χ3n) is 3.84. The summed E-state index contributed by atoms with van der Waals surface area (Å²) in [5.74, 6) is -0.779. The van der Waals surface area contributed by atoms with Crippen LogP contribution >= 0.6 is 0 Å². The first-order valence-corrected chi connectivity index (χ1v) is 8.30. The Bertz CT molecular complexity index is 729. The van der Waals surface area contributed by atoms with Gasteiger partial charge >= 0.3 is 0 Å².